The van der Waals surface area contributed by atoms with Crippen LogP contribution in [0.1, 0.15) is 87.4 Å². The molecule has 6 heteroatoms. The summed E-state index contributed by atoms with van der Waals surface area (Å²) < 4.78 is 28.1. The molecule has 0 atom stereocenters. The lowest BCUT2D eigenvalue weighted by atomic mass is 9.92. The Morgan fingerprint density at radius 1 is 0.933 bits per heavy atom. The van der Waals surface area contributed by atoms with Crippen LogP contribution >= 0.6 is 0 Å². The molecule has 0 fully saturated rings. The number of rotatable bonds is 6. The third-order valence-corrected chi connectivity index (χ3v) is 6.57. The fraction of sp³-hybridized carbons (Fsp3) is 0.458. The van der Waals surface area contributed by atoms with Gasteiger partial charge in [0.05, 0.1) is 4.90 Å². The van der Waals surface area contributed by atoms with E-state index in [1.54, 1.807) is 33.8 Å². The second-order valence-corrected chi connectivity index (χ2v) is 11.1. The first-order valence-electron chi connectivity index (χ1n) is 10.3. The summed E-state index contributed by atoms with van der Waals surface area (Å²) in [5.74, 6) is 0.167. The Kier molecular flexibility index (Phi) is 7.15. The molecule has 30 heavy (non-hydrogen) atoms. The summed E-state index contributed by atoms with van der Waals surface area (Å²) in [5.41, 5.74) is 3.38. The zero-order valence-electron chi connectivity index (χ0n) is 19.3. The molecule has 2 aromatic carbocycles. The quantitative estimate of drug-likeness (QED) is 0.629. The van der Waals surface area contributed by atoms with Crippen LogP contribution in [0, 0.1) is 6.92 Å². The van der Waals surface area contributed by atoms with Gasteiger partial charge in [-0.05, 0) is 68.4 Å². The third-order valence-electron chi connectivity index (χ3n) is 4.82. The van der Waals surface area contributed by atoms with Gasteiger partial charge in [0.2, 0.25) is 10.0 Å². The van der Waals surface area contributed by atoms with Crippen molar-refractivity contribution in [3.8, 4) is 0 Å². The molecular formula is C24H34N2O3S. The fourth-order valence-electron chi connectivity index (χ4n) is 3.35. The number of carbonyl (C=O) groups excluding carboxylic acids is 1. The number of sulfonamides is 1. The summed E-state index contributed by atoms with van der Waals surface area (Å²) >= 11 is 0. The van der Waals surface area contributed by atoms with Crippen molar-refractivity contribution in [2.24, 2.45) is 0 Å². The van der Waals surface area contributed by atoms with Crippen LogP contribution in [0.15, 0.2) is 41.3 Å². The van der Waals surface area contributed by atoms with Crippen LogP contribution in [-0.2, 0) is 10.0 Å². The van der Waals surface area contributed by atoms with E-state index in [-0.39, 0.29) is 22.6 Å². The molecule has 2 aromatic rings. The molecule has 0 bridgehead atoms. The minimum Gasteiger partial charge on any atom is -0.321 e. The van der Waals surface area contributed by atoms with E-state index in [0.717, 1.165) is 22.4 Å². The molecule has 0 aliphatic carbocycles. The number of hydrogen-bond donors (Lipinski definition) is 2. The van der Waals surface area contributed by atoms with Crippen molar-refractivity contribution in [1.29, 1.82) is 0 Å². The highest BCUT2D eigenvalue weighted by molar-refractivity contribution is 7.89. The van der Waals surface area contributed by atoms with Crippen LogP contribution in [0.4, 0.5) is 5.69 Å². The normalized spacial score (nSPS) is 12.5. The lowest BCUT2D eigenvalue weighted by Crippen LogP contribution is -2.40. The Bertz CT molecular complexity index is 1010. The SMILES string of the molecule is Cc1ccc(S(=O)(=O)NC(C)(C)C)cc1C(=O)Nc1c(C(C)C)cccc1C(C)C. The van der Waals surface area contributed by atoms with E-state index in [1.165, 1.54) is 12.1 Å². The number of amides is 1. The van der Waals surface area contributed by atoms with Gasteiger partial charge >= 0.3 is 0 Å². The Balaban J connectivity index is 2.49. The molecule has 0 aliphatic heterocycles. The van der Waals surface area contributed by atoms with Crippen molar-refractivity contribution in [1.82, 2.24) is 4.72 Å². The average molecular weight is 431 g/mol. The van der Waals surface area contributed by atoms with Gasteiger partial charge in [-0.15, -0.1) is 0 Å². The van der Waals surface area contributed by atoms with Gasteiger partial charge in [-0.2, -0.15) is 0 Å². The van der Waals surface area contributed by atoms with Crippen LogP contribution < -0.4 is 10.0 Å². The number of benzene rings is 2. The monoisotopic (exact) mass is 430 g/mol. The largest absolute Gasteiger partial charge is 0.321 e. The van der Waals surface area contributed by atoms with Crippen molar-refractivity contribution in [2.45, 2.75) is 77.7 Å². The van der Waals surface area contributed by atoms with E-state index in [4.69, 9.17) is 0 Å². The first-order valence-corrected chi connectivity index (χ1v) is 11.8. The third kappa shape index (κ3) is 5.70. The first-order chi connectivity index (χ1) is 13.7. The standard InChI is InChI=1S/C24H34N2O3S/c1-15(2)19-10-9-11-20(16(3)4)22(19)25-23(27)21-14-18(13-12-17(21)5)30(28,29)26-24(6,7)8/h9-16,26H,1-8H3,(H,25,27). The van der Waals surface area contributed by atoms with Crippen LogP contribution in [0.25, 0.3) is 0 Å². The van der Waals surface area contributed by atoms with Gasteiger partial charge in [-0.1, -0.05) is 52.0 Å². The van der Waals surface area contributed by atoms with Crippen LogP contribution in [0.3, 0.4) is 0 Å². The second kappa shape index (κ2) is 8.90. The van der Waals surface area contributed by atoms with E-state index < -0.39 is 15.6 Å². The lowest BCUT2D eigenvalue weighted by molar-refractivity contribution is 0.102. The van der Waals surface area contributed by atoms with E-state index in [0.29, 0.717) is 5.56 Å². The molecule has 0 aromatic heterocycles. The number of aryl methyl sites for hydroxylation is 1. The van der Waals surface area contributed by atoms with E-state index >= 15 is 0 Å². The zero-order chi connectivity index (χ0) is 22.9. The molecule has 5 nitrogen and oxygen atoms in total. The summed E-state index contributed by atoms with van der Waals surface area (Å²) in [6.07, 6.45) is 0. The Hall–Kier alpha value is -2.18. The number of nitrogens with one attached hydrogen (secondary N) is 2. The van der Waals surface area contributed by atoms with Gasteiger partial charge in [0.15, 0.2) is 0 Å². The zero-order valence-corrected chi connectivity index (χ0v) is 20.1. The number of carbonyl (C=O) groups is 1. The number of para-hydroxylation sites is 1. The molecule has 0 radical (unpaired) electrons. The molecule has 2 N–H and O–H groups in total. The summed E-state index contributed by atoms with van der Waals surface area (Å²) in [7, 11) is -3.74. The minimum absolute atomic E-state index is 0.0782. The van der Waals surface area contributed by atoms with E-state index in [1.807, 2.05) is 18.2 Å². The van der Waals surface area contributed by atoms with Gasteiger partial charge in [0.25, 0.3) is 5.91 Å². The first kappa shape index (κ1) is 24.1. The average Bonchev–Trinajstić information content (AvgIpc) is 2.59. The molecule has 0 saturated heterocycles. The van der Waals surface area contributed by atoms with Crippen molar-refractivity contribution >= 4 is 21.6 Å². The smallest absolute Gasteiger partial charge is 0.255 e. The molecule has 2 rings (SSSR count). The highest BCUT2D eigenvalue weighted by atomic mass is 32.2. The Morgan fingerprint density at radius 2 is 1.47 bits per heavy atom. The predicted octanol–water partition coefficient (Wildman–Crippen LogP) is 5.57. The Morgan fingerprint density at radius 3 is 1.93 bits per heavy atom. The summed E-state index contributed by atoms with van der Waals surface area (Å²) in [5, 5.41) is 3.07. The van der Waals surface area contributed by atoms with Gasteiger partial charge in [-0.25, -0.2) is 13.1 Å². The van der Waals surface area contributed by atoms with Crippen LogP contribution in [0.2, 0.25) is 0 Å². The molecule has 0 unspecified atom stereocenters. The lowest BCUT2D eigenvalue weighted by Gasteiger charge is -2.22. The summed E-state index contributed by atoms with van der Waals surface area (Å²) in [6, 6.07) is 10.7. The maximum Gasteiger partial charge on any atom is 0.255 e. The van der Waals surface area contributed by atoms with Gasteiger partial charge in [-0.3, -0.25) is 4.79 Å². The van der Waals surface area contributed by atoms with Gasteiger partial charge < -0.3 is 5.32 Å². The Labute approximate surface area is 181 Å². The van der Waals surface area contributed by atoms with Crippen molar-refractivity contribution < 1.29 is 13.2 Å². The highest BCUT2D eigenvalue weighted by Crippen LogP contribution is 2.33. The maximum atomic E-state index is 13.2. The number of anilines is 1. The highest BCUT2D eigenvalue weighted by Gasteiger charge is 2.24. The summed E-state index contributed by atoms with van der Waals surface area (Å²) in [6.45, 7) is 15.5. The molecular weight excluding hydrogens is 396 g/mol. The summed E-state index contributed by atoms with van der Waals surface area (Å²) in [4.78, 5) is 13.3. The van der Waals surface area contributed by atoms with Crippen molar-refractivity contribution in [3.05, 3.63) is 58.7 Å². The fourth-order valence-corrected chi connectivity index (χ4v) is 4.80. The number of hydrogen-bond acceptors (Lipinski definition) is 3. The predicted molar refractivity (Wildman–Crippen MR) is 124 cm³/mol. The van der Waals surface area contributed by atoms with Crippen LogP contribution in [0.5, 0.6) is 0 Å². The molecule has 0 heterocycles. The molecule has 0 spiro atoms. The van der Waals surface area contributed by atoms with Crippen molar-refractivity contribution in [3.63, 3.8) is 0 Å². The van der Waals surface area contributed by atoms with Crippen molar-refractivity contribution in [2.75, 3.05) is 5.32 Å². The van der Waals surface area contributed by atoms with Gasteiger partial charge in [0.1, 0.15) is 0 Å². The minimum atomic E-state index is -3.74. The van der Waals surface area contributed by atoms with Crippen LogP contribution in [-0.4, -0.2) is 19.9 Å². The molecule has 0 aliphatic rings. The molecule has 0 saturated carbocycles. The molecule has 1 amide bonds. The van der Waals surface area contributed by atoms with E-state index in [9.17, 15) is 13.2 Å². The van der Waals surface area contributed by atoms with E-state index in [2.05, 4.69) is 37.7 Å². The maximum absolute atomic E-state index is 13.2. The molecule has 164 valence electrons. The second-order valence-electron chi connectivity index (χ2n) is 9.41. The van der Waals surface area contributed by atoms with Gasteiger partial charge in [0, 0.05) is 16.8 Å². The topological polar surface area (TPSA) is 75.3 Å².